The summed E-state index contributed by atoms with van der Waals surface area (Å²) in [4.78, 5) is 0. The third-order valence-corrected chi connectivity index (χ3v) is 1.47. The summed E-state index contributed by atoms with van der Waals surface area (Å²) in [5.41, 5.74) is 13.4. The molecule has 0 aromatic rings. The van der Waals surface area contributed by atoms with Crippen molar-refractivity contribution in [2.24, 2.45) is 17.2 Å². The van der Waals surface area contributed by atoms with Gasteiger partial charge in [-0.1, -0.05) is 0 Å². The van der Waals surface area contributed by atoms with Crippen LogP contribution in [0.3, 0.4) is 0 Å². The Morgan fingerprint density at radius 2 is 1.31 bits per heavy atom. The maximum atomic E-state index is 9.64. The highest BCUT2D eigenvalue weighted by Crippen LogP contribution is 2.14. The maximum Gasteiger partial charge on any atom is 0.135 e. The zero-order valence-electron chi connectivity index (χ0n) is 7.09. The summed E-state index contributed by atoms with van der Waals surface area (Å²) in [7, 11) is 0. The minimum Gasteiger partial charge on any atom is -0.388 e. The average Bonchev–Trinajstić information content (AvgIpc) is 1.82. The molecule has 7 nitrogen and oxygen atoms in total. The van der Waals surface area contributed by atoms with Gasteiger partial charge in [0.25, 0.3) is 0 Å². The fourth-order valence-corrected chi connectivity index (χ4v) is 0.883. The molecule has 7 heteroatoms. The van der Waals surface area contributed by atoms with Crippen LogP contribution < -0.4 is 17.2 Å². The normalized spacial score (nSPS) is 14.5. The van der Waals surface area contributed by atoms with Crippen molar-refractivity contribution in [3.05, 3.63) is 0 Å². The molecule has 0 aliphatic heterocycles. The quantitative estimate of drug-likeness (QED) is 0.201. The molecule has 0 unspecified atom stereocenters. The van der Waals surface area contributed by atoms with Gasteiger partial charge in [0.15, 0.2) is 0 Å². The molecule has 0 radical (unpaired) electrons. The second-order valence-corrected chi connectivity index (χ2v) is 2.85. The lowest BCUT2D eigenvalue weighted by atomic mass is 9.93. The third-order valence-electron chi connectivity index (χ3n) is 1.47. The minimum absolute atomic E-state index is 0.290. The molecular formula is C6H14N6O. The van der Waals surface area contributed by atoms with Gasteiger partial charge in [-0.2, -0.15) is 0 Å². The van der Waals surface area contributed by atoms with Crippen molar-refractivity contribution in [2.45, 2.75) is 18.4 Å². The van der Waals surface area contributed by atoms with Crippen LogP contribution in [-0.2, 0) is 0 Å². The fraction of sp³-hybridized carbons (Fsp3) is 0.500. The molecular weight excluding hydrogens is 172 g/mol. The van der Waals surface area contributed by atoms with E-state index < -0.39 is 11.4 Å². The van der Waals surface area contributed by atoms with E-state index >= 15 is 0 Å². The topological polar surface area (TPSA) is 170 Å². The van der Waals surface area contributed by atoms with Gasteiger partial charge in [-0.05, 0) is 0 Å². The fourth-order valence-electron chi connectivity index (χ4n) is 0.883. The monoisotopic (exact) mass is 186 g/mol. The molecule has 0 saturated carbocycles. The van der Waals surface area contributed by atoms with Crippen LogP contribution in [0.5, 0.6) is 0 Å². The van der Waals surface area contributed by atoms with Crippen molar-refractivity contribution in [1.29, 1.82) is 16.2 Å². The molecule has 0 atom stereocenters. The Balaban J connectivity index is 4.62. The molecule has 0 heterocycles. The number of amidine groups is 3. The van der Waals surface area contributed by atoms with Crippen LogP contribution in [0.15, 0.2) is 0 Å². The van der Waals surface area contributed by atoms with Crippen molar-refractivity contribution in [2.75, 3.05) is 0 Å². The van der Waals surface area contributed by atoms with E-state index in [1.54, 1.807) is 0 Å². The Morgan fingerprint density at radius 1 is 1.00 bits per heavy atom. The van der Waals surface area contributed by atoms with E-state index in [4.69, 9.17) is 33.4 Å². The number of hydrogen-bond acceptors (Lipinski definition) is 4. The maximum absolute atomic E-state index is 9.64. The van der Waals surface area contributed by atoms with Crippen molar-refractivity contribution < 1.29 is 5.11 Å². The van der Waals surface area contributed by atoms with Crippen LogP contribution in [0.2, 0.25) is 0 Å². The first-order valence-electron chi connectivity index (χ1n) is 3.50. The third kappa shape index (κ3) is 3.52. The largest absolute Gasteiger partial charge is 0.388 e. The Bertz CT molecular complexity index is 232. The van der Waals surface area contributed by atoms with Crippen molar-refractivity contribution in [3.63, 3.8) is 0 Å². The molecule has 74 valence electrons. The molecule has 0 aromatic carbocycles. The predicted molar refractivity (Wildman–Crippen MR) is 49.9 cm³/mol. The first-order valence-corrected chi connectivity index (χ1v) is 3.50. The Hall–Kier alpha value is -1.63. The SMILES string of the molecule is N=C(N)CC(O)(CC(=N)N)C(=N)N. The lowest BCUT2D eigenvalue weighted by molar-refractivity contribution is 0.125. The molecule has 0 amide bonds. The van der Waals surface area contributed by atoms with Crippen molar-refractivity contribution in [3.8, 4) is 0 Å². The summed E-state index contributed by atoms with van der Waals surface area (Å²) in [6.07, 6.45) is -0.580. The molecule has 0 saturated heterocycles. The van der Waals surface area contributed by atoms with Crippen LogP contribution in [0.25, 0.3) is 0 Å². The van der Waals surface area contributed by atoms with E-state index in [1.165, 1.54) is 0 Å². The number of hydrogen-bond donors (Lipinski definition) is 7. The van der Waals surface area contributed by atoms with E-state index in [0.717, 1.165) is 0 Å². The molecule has 0 aliphatic carbocycles. The summed E-state index contributed by atoms with van der Waals surface area (Å²) in [6, 6.07) is 0. The molecule has 0 spiro atoms. The summed E-state index contributed by atoms with van der Waals surface area (Å²) in [5.74, 6) is -1.16. The molecule has 0 aromatic heterocycles. The molecule has 0 rings (SSSR count). The highest BCUT2D eigenvalue weighted by molar-refractivity contribution is 5.96. The van der Waals surface area contributed by atoms with Gasteiger partial charge in [0.2, 0.25) is 0 Å². The summed E-state index contributed by atoms with van der Waals surface area (Å²) < 4.78 is 0. The highest BCUT2D eigenvalue weighted by atomic mass is 16.3. The van der Waals surface area contributed by atoms with Crippen molar-refractivity contribution >= 4 is 17.5 Å². The zero-order valence-corrected chi connectivity index (χ0v) is 7.09. The number of nitrogens with one attached hydrogen (secondary N) is 3. The number of aliphatic hydroxyl groups is 1. The van der Waals surface area contributed by atoms with E-state index in [1.807, 2.05) is 0 Å². The van der Waals surface area contributed by atoms with Crippen LogP contribution in [0.4, 0.5) is 0 Å². The lowest BCUT2D eigenvalue weighted by Crippen LogP contribution is -2.48. The highest BCUT2D eigenvalue weighted by Gasteiger charge is 2.32. The minimum atomic E-state index is -1.79. The Kier molecular flexibility index (Phi) is 3.37. The molecule has 10 N–H and O–H groups in total. The van der Waals surface area contributed by atoms with Crippen LogP contribution in [0, 0.1) is 16.2 Å². The molecule has 0 bridgehead atoms. The van der Waals surface area contributed by atoms with E-state index in [0.29, 0.717) is 0 Å². The number of nitrogens with two attached hydrogens (primary N) is 3. The molecule has 0 aliphatic rings. The van der Waals surface area contributed by atoms with Gasteiger partial charge in [0.05, 0.1) is 11.7 Å². The second kappa shape index (κ2) is 3.85. The van der Waals surface area contributed by atoms with Crippen molar-refractivity contribution in [1.82, 2.24) is 0 Å². The Morgan fingerprint density at radius 3 is 1.46 bits per heavy atom. The van der Waals surface area contributed by atoms with Gasteiger partial charge in [0, 0.05) is 12.8 Å². The standard InChI is InChI=1S/C6H14N6O/c7-3(8)1-6(13,5(11)12)2-4(9)10/h13H,1-2H2,(H3,7,8)(H3,9,10)(H3,11,12). The van der Waals surface area contributed by atoms with Gasteiger partial charge in [-0.25, -0.2) is 0 Å². The smallest absolute Gasteiger partial charge is 0.135 e. The first kappa shape index (κ1) is 11.4. The summed E-state index contributed by atoms with van der Waals surface area (Å²) in [6.45, 7) is 0. The van der Waals surface area contributed by atoms with E-state index in [2.05, 4.69) is 0 Å². The van der Waals surface area contributed by atoms with Gasteiger partial charge in [0.1, 0.15) is 11.4 Å². The predicted octanol–water partition coefficient (Wildman–Crippen LogP) is -1.69. The number of rotatable bonds is 5. The van der Waals surface area contributed by atoms with E-state index in [9.17, 15) is 5.11 Å². The lowest BCUT2D eigenvalue weighted by Gasteiger charge is -2.25. The average molecular weight is 186 g/mol. The van der Waals surface area contributed by atoms with E-state index in [-0.39, 0.29) is 24.5 Å². The Labute approximate surface area is 75.4 Å². The van der Waals surface area contributed by atoms with Crippen LogP contribution >= 0.6 is 0 Å². The molecule has 0 fully saturated rings. The summed E-state index contributed by atoms with van der Waals surface area (Å²) in [5, 5.41) is 30.6. The summed E-state index contributed by atoms with van der Waals surface area (Å²) >= 11 is 0. The van der Waals surface area contributed by atoms with Gasteiger partial charge >= 0.3 is 0 Å². The van der Waals surface area contributed by atoms with Gasteiger partial charge in [-0.3, -0.25) is 16.2 Å². The molecule has 13 heavy (non-hydrogen) atoms. The first-order chi connectivity index (χ1) is 5.78. The zero-order chi connectivity index (χ0) is 10.6. The van der Waals surface area contributed by atoms with Crippen LogP contribution in [0.1, 0.15) is 12.8 Å². The second-order valence-electron chi connectivity index (χ2n) is 2.85. The van der Waals surface area contributed by atoms with Gasteiger partial charge in [-0.15, -0.1) is 0 Å². The van der Waals surface area contributed by atoms with Crippen LogP contribution in [-0.4, -0.2) is 28.2 Å². The van der Waals surface area contributed by atoms with Gasteiger partial charge < -0.3 is 22.3 Å².